The van der Waals surface area contributed by atoms with Crippen LogP contribution in [0.3, 0.4) is 0 Å². The first kappa shape index (κ1) is 17.9. The van der Waals surface area contributed by atoms with Gasteiger partial charge in [0.2, 0.25) is 5.91 Å². The highest BCUT2D eigenvalue weighted by atomic mass is 32.2. The summed E-state index contributed by atoms with van der Waals surface area (Å²) in [4.78, 5) is 19.2. The summed E-state index contributed by atoms with van der Waals surface area (Å²) in [6.45, 7) is 2.01. The summed E-state index contributed by atoms with van der Waals surface area (Å²) < 4.78 is 1.70. The minimum absolute atomic E-state index is 0.0266. The lowest BCUT2D eigenvalue weighted by molar-refractivity contribution is -0.126. The molecule has 0 aliphatic rings. The van der Waals surface area contributed by atoms with Gasteiger partial charge in [-0.25, -0.2) is 9.67 Å². The van der Waals surface area contributed by atoms with Crippen molar-refractivity contribution in [3.05, 3.63) is 84.3 Å². The third-order valence-corrected chi connectivity index (χ3v) is 4.96. The van der Waals surface area contributed by atoms with Gasteiger partial charge in [0.25, 0.3) is 0 Å². The maximum atomic E-state index is 12.4. The van der Waals surface area contributed by atoms with Crippen molar-refractivity contribution in [2.75, 3.05) is 7.05 Å². The average Bonchev–Trinajstić information content (AvgIpc) is 3.22. The second kappa shape index (κ2) is 8.49. The SMILES string of the molecule is C[C@@H](c1ccc(-n2cncn2)cc1)N(C)C(=O)/C=C/Sc1ccccc1. The molecule has 0 aliphatic carbocycles. The standard InChI is InChI=1S/C20H20N4OS/c1-16(17-8-10-18(11-9-17)24-15-21-14-22-24)23(2)20(25)12-13-26-19-6-4-3-5-7-19/h3-16H,1-2H3/b13-12+/t16-/m0/s1. The van der Waals surface area contributed by atoms with E-state index in [0.29, 0.717) is 0 Å². The molecule has 0 bridgehead atoms. The van der Waals surface area contributed by atoms with Crippen LogP contribution < -0.4 is 0 Å². The summed E-state index contributed by atoms with van der Waals surface area (Å²) in [5.41, 5.74) is 2.00. The van der Waals surface area contributed by atoms with Crippen molar-refractivity contribution >= 4 is 17.7 Å². The van der Waals surface area contributed by atoms with Gasteiger partial charge in [-0.3, -0.25) is 4.79 Å². The highest BCUT2D eigenvalue weighted by molar-refractivity contribution is 8.02. The molecular formula is C20H20N4OS. The Morgan fingerprint density at radius 3 is 2.54 bits per heavy atom. The Bertz CT molecular complexity index is 861. The molecule has 0 radical (unpaired) electrons. The van der Waals surface area contributed by atoms with Gasteiger partial charge in [-0.05, 0) is 42.2 Å². The molecule has 0 fully saturated rings. The monoisotopic (exact) mass is 364 g/mol. The first-order chi connectivity index (χ1) is 12.6. The van der Waals surface area contributed by atoms with Gasteiger partial charge < -0.3 is 4.90 Å². The van der Waals surface area contributed by atoms with Crippen molar-refractivity contribution in [3.63, 3.8) is 0 Å². The summed E-state index contributed by atoms with van der Waals surface area (Å²) in [6, 6.07) is 17.9. The van der Waals surface area contributed by atoms with Gasteiger partial charge in [-0.15, -0.1) is 0 Å². The largest absolute Gasteiger partial charge is 0.335 e. The predicted octanol–water partition coefficient (Wildman–Crippen LogP) is 4.09. The highest BCUT2D eigenvalue weighted by Gasteiger charge is 2.15. The molecule has 1 heterocycles. The van der Waals surface area contributed by atoms with E-state index in [-0.39, 0.29) is 11.9 Å². The van der Waals surface area contributed by atoms with E-state index in [9.17, 15) is 4.79 Å². The van der Waals surface area contributed by atoms with Crippen LogP contribution in [0, 0.1) is 0 Å². The molecule has 0 aliphatic heterocycles. The summed E-state index contributed by atoms with van der Waals surface area (Å²) in [5, 5.41) is 5.94. The average molecular weight is 364 g/mol. The molecule has 1 atom stereocenters. The van der Waals surface area contributed by atoms with E-state index in [1.54, 1.807) is 22.0 Å². The Morgan fingerprint density at radius 1 is 1.15 bits per heavy atom. The molecule has 6 heteroatoms. The molecule has 3 aromatic rings. The van der Waals surface area contributed by atoms with Crippen molar-refractivity contribution < 1.29 is 4.79 Å². The van der Waals surface area contributed by atoms with Crippen molar-refractivity contribution in [1.29, 1.82) is 0 Å². The fourth-order valence-electron chi connectivity index (χ4n) is 2.45. The lowest BCUT2D eigenvalue weighted by Gasteiger charge is -2.24. The van der Waals surface area contributed by atoms with Crippen molar-refractivity contribution in [2.45, 2.75) is 17.9 Å². The number of likely N-dealkylation sites (N-methyl/N-ethyl adjacent to an activating group) is 1. The Hall–Kier alpha value is -2.86. The number of carbonyl (C=O) groups excluding carboxylic acids is 1. The zero-order valence-electron chi connectivity index (χ0n) is 14.7. The Morgan fingerprint density at radius 2 is 1.88 bits per heavy atom. The van der Waals surface area contributed by atoms with Gasteiger partial charge in [0.05, 0.1) is 11.7 Å². The lowest BCUT2D eigenvalue weighted by Crippen LogP contribution is -2.27. The maximum Gasteiger partial charge on any atom is 0.247 e. The van der Waals surface area contributed by atoms with E-state index in [1.807, 2.05) is 74.0 Å². The van der Waals surface area contributed by atoms with Gasteiger partial charge >= 0.3 is 0 Å². The van der Waals surface area contributed by atoms with Crippen LogP contribution in [0.15, 0.2) is 83.6 Å². The molecular weight excluding hydrogens is 344 g/mol. The van der Waals surface area contributed by atoms with Crippen LogP contribution in [-0.4, -0.2) is 32.6 Å². The number of thioether (sulfide) groups is 1. The predicted molar refractivity (Wildman–Crippen MR) is 104 cm³/mol. The summed E-state index contributed by atoms with van der Waals surface area (Å²) in [6.07, 6.45) is 4.77. The number of benzene rings is 2. The van der Waals surface area contributed by atoms with E-state index in [2.05, 4.69) is 10.1 Å². The number of carbonyl (C=O) groups is 1. The summed E-state index contributed by atoms with van der Waals surface area (Å²) in [7, 11) is 1.82. The van der Waals surface area contributed by atoms with Crippen LogP contribution in [0.25, 0.3) is 5.69 Å². The van der Waals surface area contributed by atoms with E-state index in [1.165, 1.54) is 18.1 Å². The quantitative estimate of drug-likeness (QED) is 0.488. The number of nitrogens with zero attached hydrogens (tertiary/aromatic N) is 4. The van der Waals surface area contributed by atoms with Gasteiger partial charge in [-0.1, -0.05) is 42.1 Å². The van der Waals surface area contributed by atoms with E-state index < -0.39 is 0 Å². The van der Waals surface area contributed by atoms with E-state index >= 15 is 0 Å². The Labute approximate surface area is 157 Å². The van der Waals surface area contributed by atoms with Gasteiger partial charge in [0.15, 0.2) is 0 Å². The summed E-state index contributed by atoms with van der Waals surface area (Å²) in [5.74, 6) is -0.0266. The molecule has 1 amide bonds. The molecule has 0 unspecified atom stereocenters. The van der Waals surface area contributed by atoms with Crippen LogP contribution in [0.1, 0.15) is 18.5 Å². The zero-order chi connectivity index (χ0) is 18.4. The number of aromatic nitrogens is 3. The normalized spacial score (nSPS) is 12.2. The Balaban J connectivity index is 1.61. The first-order valence-corrected chi connectivity index (χ1v) is 9.13. The third-order valence-electron chi connectivity index (χ3n) is 4.15. The molecule has 26 heavy (non-hydrogen) atoms. The van der Waals surface area contributed by atoms with Crippen LogP contribution in [0.2, 0.25) is 0 Å². The molecule has 0 saturated carbocycles. The minimum atomic E-state index is -0.0290. The fraction of sp³-hybridized carbons (Fsp3) is 0.150. The van der Waals surface area contributed by atoms with Gasteiger partial charge in [0, 0.05) is 18.0 Å². The minimum Gasteiger partial charge on any atom is -0.335 e. The number of hydrogen-bond acceptors (Lipinski definition) is 4. The molecule has 0 spiro atoms. The fourth-order valence-corrected chi connectivity index (χ4v) is 3.10. The number of hydrogen-bond donors (Lipinski definition) is 0. The lowest BCUT2D eigenvalue weighted by atomic mass is 10.1. The number of rotatable bonds is 6. The maximum absolute atomic E-state index is 12.4. The zero-order valence-corrected chi connectivity index (χ0v) is 15.5. The van der Waals surface area contributed by atoms with Crippen LogP contribution >= 0.6 is 11.8 Å². The highest BCUT2D eigenvalue weighted by Crippen LogP contribution is 2.22. The second-order valence-electron chi connectivity index (χ2n) is 5.79. The van der Waals surface area contributed by atoms with Crippen molar-refractivity contribution in [3.8, 4) is 5.69 Å². The first-order valence-electron chi connectivity index (χ1n) is 8.25. The molecule has 3 rings (SSSR count). The second-order valence-corrected chi connectivity index (χ2v) is 6.77. The van der Waals surface area contributed by atoms with Gasteiger partial charge in [0.1, 0.15) is 12.7 Å². The number of amides is 1. The topological polar surface area (TPSA) is 51.0 Å². The van der Waals surface area contributed by atoms with Crippen LogP contribution in [0.5, 0.6) is 0 Å². The van der Waals surface area contributed by atoms with Crippen LogP contribution in [0.4, 0.5) is 0 Å². The smallest absolute Gasteiger partial charge is 0.247 e. The third kappa shape index (κ3) is 4.40. The Kier molecular flexibility index (Phi) is 5.86. The summed E-state index contributed by atoms with van der Waals surface area (Å²) >= 11 is 1.53. The molecule has 0 saturated heterocycles. The van der Waals surface area contributed by atoms with Crippen molar-refractivity contribution in [2.24, 2.45) is 0 Å². The van der Waals surface area contributed by atoms with E-state index in [0.717, 1.165) is 16.1 Å². The van der Waals surface area contributed by atoms with E-state index in [4.69, 9.17) is 0 Å². The van der Waals surface area contributed by atoms with Crippen molar-refractivity contribution in [1.82, 2.24) is 19.7 Å². The molecule has 2 aromatic carbocycles. The molecule has 0 N–H and O–H groups in total. The van der Waals surface area contributed by atoms with Gasteiger partial charge in [-0.2, -0.15) is 5.10 Å². The molecule has 1 aromatic heterocycles. The molecule has 132 valence electrons. The van der Waals surface area contributed by atoms with Crippen LogP contribution in [-0.2, 0) is 4.79 Å². The molecule has 5 nitrogen and oxygen atoms in total.